The van der Waals surface area contributed by atoms with Gasteiger partial charge in [-0.05, 0) is 121 Å². The minimum Gasteiger partial charge on any atom is -0.466 e. The predicted octanol–water partition coefficient (Wildman–Crippen LogP) is 8.11. The van der Waals surface area contributed by atoms with E-state index in [1.807, 2.05) is 0 Å². The molecule has 12 heteroatoms. The minimum atomic E-state index is -4.49. The van der Waals surface area contributed by atoms with Crippen molar-refractivity contribution in [1.82, 2.24) is 0 Å². The van der Waals surface area contributed by atoms with Crippen molar-refractivity contribution >= 4 is 11.9 Å². The summed E-state index contributed by atoms with van der Waals surface area (Å²) in [6.07, 6.45) is -0.804. The van der Waals surface area contributed by atoms with Crippen molar-refractivity contribution in [2.45, 2.75) is 122 Å². The van der Waals surface area contributed by atoms with Crippen LogP contribution in [0.4, 0.5) is 26.3 Å². The summed E-state index contributed by atoms with van der Waals surface area (Å²) in [5.41, 5.74) is -4.11. The average molecular weight is 659 g/mol. The van der Waals surface area contributed by atoms with Crippen LogP contribution >= 0.6 is 0 Å². The second kappa shape index (κ2) is 16.7. The van der Waals surface area contributed by atoms with Gasteiger partial charge in [0, 0.05) is 11.1 Å². The lowest BCUT2D eigenvalue weighted by Crippen LogP contribution is -2.44. The lowest BCUT2D eigenvalue weighted by molar-refractivity contribution is -0.259. The van der Waals surface area contributed by atoms with Gasteiger partial charge in [-0.15, -0.1) is 0 Å². The summed E-state index contributed by atoms with van der Waals surface area (Å²) in [5.74, 6) is 1.63. The Balaban J connectivity index is 0.000000318. The molecule has 8 unspecified atom stereocenters. The number of fused-ring (bicyclic) bond motifs is 4. The quantitative estimate of drug-likeness (QED) is 0.163. The molecule has 4 rings (SSSR count). The maximum atomic E-state index is 12.5. The first kappa shape index (κ1) is 40.9. The normalized spacial score (nSPS) is 28.9. The Bertz CT molecular complexity index is 951. The molecule has 0 aliphatic heterocycles. The molecule has 0 aromatic heterocycles. The van der Waals surface area contributed by atoms with E-state index in [0.717, 1.165) is 52.4 Å². The van der Waals surface area contributed by atoms with Crippen LogP contribution in [-0.4, -0.2) is 59.4 Å². The van der Waals surface area contributed by atoms with Crippen molar-refractivity contribution in [3.8, 4) is 0 Å². The second-order valence-corrected chi connectivity index (χ2v) is 13.6. The van der Waals surface area contributed by atoms with Gasteiger partial charge in [-0.3, -0.25) is 0 Å². The fourth-order valence-electron chi connectivity index (χ4n) is 6.93. The van der Waals surface area contributed by atoms with Gasteiger partial charge in [0.1, 0.15) is 0 Å². The van der Waals surface area contributed by atoms with Crippen molar-refractivity contribution < 1.29 is 55.6 Å². The average Bonchev–Trinajstić information content (AvgIpc) is 3.70. The third kappa shape index (κ3) is 12.6. The molecule has 0 aromatic carbocycles. The molecule has 45 heavy (non-hydrogen) atoms. The zero-order valence-corrected chi connectivity index (χ0v) is 27.5. The zero-order chi connectivity index (χ0) is 35.0. The molecule has 2 N–H and O–H groups in total. The number of methoxy groups -OCH3 is 1. The van der Waals surface area contributed by atoms with Gasteiger partial charge in [-0.1, -0.05) is 26.0 Å². The summed E-state index contributed by atoms with van der Waals surface area (Å²) in [7, 11) is 1.33. The summed E-state index contributed by atoms with van der Waals surface area (Å²) in [6, 6.07) is 0. The molecule has 0 spiro atoms. The molecule has 4 fully saturated rings. The van der Waals surface area contributed by atoms with E-state index >= 15 is 0 Å². The number of aliphatic hydroxyl groups is 2. The van der Waals surface area contributed by atoms with Crippen LogP contribution in [0.3, 0.4) is 0 Å². The van der Waals surface area contributed by atoms with Crippen LogP contribution in [0.1, 0.15) is 98.8 Å². The molecule has 4 bridgehead atoms. The van der Waals surface area contributed by atoms with Gasteiger partial charge in [-0.25, -0.2) is 9.59 Å². The van der Waals surface area contributed by atoms with Crippen molar-refractivity contribution in [2.24, 2.45) is 35.5 Å². The predicted molar refractivity (Wildman–Crippen MR) is 159 cm³/mol. The number of rotatable bonds is 7. The van der Waals surface area contributed by atoms with Crippen LogP contribution in [0, 0.1) is 35.5 Å². The number of esters is 2. The molecule has 4 aliphatic rings. The van der Waals surface area contributed by atoms with E-state index in [4.69, 9.17) is 0 Å². The van der Waals surface area contributed by atoms with Gasteiger partial charge in [-0.2, -0.15) is 26.3 Å². The lowest BCUT2D eigenvalue weighted by atomic mass is 9.80. The highest BCUT2D eigenvalue weighted by Gasteiger charge is 2.54. The van der Waals surface area contributed by atoms with E-state index in [2.05, 4.69) is 22.6 Å². The number of carbonyl (C=O) groups excluding carboxylic acids is 2. The summed E-state index contributed by atoms with van der Waals surface area (Å²) < 4.78 is 83.7. The molecule has 4 aliphatic carbocycles. The highest BCUT2D eigenvalue weighted by Crippen LogP contribution is 2.53. The molecule has 0 saturated heterocycles. The fourth-order valence-corrected chi connectivity index (χ4v) is 6.93. The number of ether oxygens (including phenoxy) is 2. The third-order valence-electron chi connectivity index (χ3n) is 9.47. The zero-order valence-electron chi connectivity index (χ0n) is 27.5. The van der Waals surface area contributed by atoms with Crippen molar-refractivity contribution in [2.75, 3.05) is 13.7 Å². The van der Waals surface area contributed by atoms with Crippen LogP contribution in [0.15, 0.2) is 24.3 Å². The summed E-state index contributed by atoms with van der Waals surface area (Å²) in [4.78, 5) is 20.6. The summed E-state index contributed by atoms with van der Waals surface area (Å²) >= 11 is 0. The highest BCUT2D eigenvalue weighted by molar-refractivity contribution is 5.87. The Kier molecular flexibility index (Phi) is 15.2. The standard InChI is InChI=1S/2C11H17F3O.C6H10O2.C5H8O2/c2*1-10(15,11(12,13)14)6-9-5-7-2-3-8(9)4-7;1-4-8-6(7)5(2)3;1-4(2)5(6)7-3/h2*7-9,15H,2-6H2,1H3;2,4H2,1,3H3;1H2,2-3H3. The van der Waals surface area contributed by atoms with E-state index in [1.54, 1.807) is 20.8 Å². The van der Waals surface area contributed by atoms with Crippen LogP contribution < -0.4 is 0 Å². The monoisotopic (exact) mass is 658 g/mol. The van der Waals surface area contributed by atoms with Crippen molar-refractivity contribution in [1.29, 1.82) is 0 Å². The maximum absolute atomic E-state index is 12.5. The van der Waals surface area contributed by atoms with E-state index in [-0.39, 0.29) is 36.6 Å². The number of hydrogen-bond donors (Lipinski definition) is 2. The van der Waals surface area contributed by atoms with Gasteiger partial charge < -0.3 is 19.7 Å². The fraction of sp³-hybridized carbons (Fsp3) is 0.818. The van der Waals surface area contributed by atoms with E-state index < -0.39 is 23.6 Å². The largest absolute Gasteiger partial charge is 0.466 e. The molecule has 4 saturated carbocycles. The topological polar surface area (TPSA) is 93.1 Å². The molecule has 0 heterocycles. The first-order chi connectivity index (χ1) is 20.5. The Hall–Kier alpha value is -2.08. The Morgan fingerprint density at radius 3 is 1.22 bits per heavy atom. The molecular formula is C33H52F6O6. The Morgan fingerprint density at radius 1 is 0.711 bits per heavy atom. The summed E-state index contributed by atoms with van der Waals surface area (Å²) in [6.45, 7) is 14.0. The Morgan fingerprint density at radius 2 is 1.07 bits per heavy atom. The van der Waals surface area contributed by atoms with Crippen molar-refractivity contribution in [3.63, 3.8) is 0 Å². The lowest BCUT2D eigenvalue weighted by Gasteiger charge is -2.32. The molecule has 0 radical (unpaired) electrons. The van der Waals surface area contributed by atoms with E-state index in [9.17, 15) is 46.1 Å². The number of hydrogen-bond acceptors (Lipinski definition) is 6. The van der Waals surface area contributed by atoms with Crippen molar-refractivity contribution in [3.05, 3.63) is 24.3 Å². The van der Waals surface area contributed by atoms with E-state index in [0.29, 0.717) is 41.4 Å². The van der Waals surface area contributed by atoms with Gasteiger partial charge in [0.15, 0.2) is 11.2 Å². The first-order valence-electron chi connectivity index (χ1n) is 15.6. The number of carbonyl (C=O) groups is 2. The first-order valence-corrected chi connectivity index (χ1v) is 15.6. The molecular weight excluding hydrogens is 606 g/mol. The maximum Gasteiger partial charge on any atom is 0.416 e. The molecule has 0 amide bonds. The number of alkyl halides is 6. The van der Waals surface area contributed by atoms with Gasteiger partial charge in [0.05, 0.1) is 13.7 Å². The van der Waals surface area contributed by atoms with Crippen LogP contribution in [0.25, 0.3) is 0 Å². The van der Waals surface area contributed by atoms with Crippen LogP contribution in [0.5, 0.6) is 0 Å². The molecule has 8 atom stereocenters. The van der Waals surface area contributed by atoms with E-state index in [1.165, 1.54) is 20.0 Å². The smallest absolute Gasteiger partial charge is 0.416 e. The third-order valence-corrected chi connectivity index (χ3v) is 9.47. The van der Waals surface area contributed by atoms with Crippen LogP contribution in [0.2, 0.25) is 0 Å². The molecule has 0 aromatic rings. The van der Waals surface area contributed by atoms with Gasteiger partial charge >= 0.3 is 24.3 Å². The SMILES string of the molecule is C=C(C)C(=O)OC.C=C(C)C(=O)OCC.CC(O)(CC1CC2CCC1C2)C(F)(F)F.CC(O)(CC1CC2CCC1C2)C(F)(F)F. The molecule has 6 nitrogen and oxygen atoms in total. The minimum absolute atomic E-state index is 0.0837. The van der Waals surface area contributed by atoms with Crippen LogP contribution in [-0.2, 0) is 19.1 Å². The Labute approximate surface area is 263 Å². The highest BCUT2D eigenvalue weighted by atomic mass is 19.4. The number of halogens is 6. The van der Waals surface area contributed by atoms with Gasteiger partial charge in [0.25, 0.3) is 0 Å². The van der Waals surface area contributed by atoms with Gasteiger partial charge in [0.2, 0.25) is 0 Å². The summed E-state index contributed by atoms with van der Waals surface area (Å²) in [5, 5.41) is 18.8. The second-order valence-electron chi connectivity index (χ2n) is 13.6. The molecule has 262 valence electrons.